The van der Waals surface area contributed by atoms with Crippen LogP contribution in [-0.4, -0.2) is 35.9 Å². The molecule has 1 aliphatic heterocycles. The van der Waals surface area contributed by atoms with Crippen LogP contribution in [0.1, 0.15) is 18.9 Å². The second-order valence-electron chi connectivity index (χ2n) is 3.99. The summed E-state index contributed by atoms with van der Waals surface area (Å²) < 4.78 is 5.47. The fraction of sp³-hybridized carbons (Fsp3) is 0.583. The third-order valence-electron chi connectivity index (χ3n) is 3.07. The number of nitrogens with zero attached hydrogens (tertiary/aromatic N) is 2. The Kier molecular flexibility index (Phi) is 3.74. The Morgan fingerprint density at radius 1 is 1.62 bits per heavy atom. The average molecular weight is 222 g/mol. The molecular weight excluding hydrogens is 204 g/mol. The van der Waals surface area contributed by atoms with Crippen molar-refractivity contribution in [2.24, 2.45) is 0 Å². The van der Waals surface area contributed by atoms with E-state index >= 15 is 0 Å². The Morgan fingerprint density at radius 2 is 2.50 bits per heavy atom. The van der Waals surface area contributed by atoms with Crippen molar-refractivity contribution in [1.29, 1.82) is 0 Å². The van der Waals surface area contributed by atoms with Gasteiger partial charge in [-0.1, -0.05) is 6.92 Å². The van der Waals surface area contributed by atoms with E-state index in [0.717, 1.165) is 37.4 Å². The number of ether oxygens (including phenoxy) is 1. The van der Waals surface area contributed by atoms with Crippen molar-refractivity contribution >= 4 is 5.69 Å². The lowest BCUT2D eigenvalue weighted by Crippen LogP contribution is -2.45. The number of hydrogen-bond acceptors (Lipinski definition) is 4. The van der Waals surface area contributed by atoms with E-state index in [-0.39, 0.29) is 6.61 Å². The summed E-state index contributed by atoms with van der Waals surface area (Å²) in [4.78, 5) is 6.44. The summed E-state index contributed by atoms with van der Waals surface area (Å²) in [5, 5.41) is 9.32. The van der Waals surface area contributed by atoms with Gasteiger partial charge in [-0.3, -0.25) is 4.98 Å². The quantitative estimate of drug-likeness (QED) is 0.834. The van der Waals surface area contributed by atoms with Crippen LogP contribution in [0.25, 0.3) is 0 Å². The van der Waals surface area contributed by atoms with Crippen LogP contribution in [0.5, 0.6) is 0 Å². The lowest BCUT2D eigenvalue weighted by molar-refractivity contribution is 0.0927. The number of rotatable bonds is 3. The van der Waals surface area contributed by atoms with E-state index in [0.29, 0.717) is 6.04 Å². The van der Waals surface area contributed by atoms with Crippen molar-refractivity contribution in [2.45, 2.75) is 26.0 Å². The molecule has 1 atom stereocenters. The van der Waals surface area contributed by atoms with Gasteiger partial charge in [-0.25, -0.2) is 0 Å². The molecule has 1 aliphatic rings. The summed E-state index contributed by atoms with van der Waals surface area (Å²) in [6.07, 6.45) is 4.59. The minimum absolute atomic E-state index is 0.0612. The van der Waals surface area contributed by atoms with E-state index in [4.69, 9.17) is 4.74 Å². The summed E-state index contributed by atoms with van der Waals surface area (Å²) in [7, 11) is 0. The zero-order chi connectivity index (χ0) is 11.4. The molecule has 16 heavy (non-hydrogen) atoms. The van der Waals surface area contributed by atoms with Gasteiger partial charge >= 0.3 is 0 Å². The summed E-state index contributed by atoms with van der Waals surface area (Å²) in [5.74, 6) is 0. The Bertz CT molecular complexity index is 344. The van der Waals surface area contributed by atoms with Crippen LogP contribution in [-0.2, 0) is 11.3 Å². The standard InChI is InChI=1S/C12H18N2O2/c1-2-11-9-16-6-5-14(11)12-7-13-4-3-10(12)8-15/h3-4,7,11,15H,2,5-6,8-9H2,1H3. The number of aromatic nitrogens is 1. The molecule has 88 valence electrons. The van der Waals surface area contributed by atoms with E-state index in [1.165, 1.54) is 0 Å². The van der Waals surface area contributed by atoms with Crippen molar-refractivity contribution < 1.29 is 9.84 Å². The van der Waals surface area contributed by atoms with Gasteiger partial charge in [-0.15, -0.1) is 0 Å². The molecule has 1 unspecified atom stereocenters. The molecular formula is C12H18N2O2. The van der Waals surface area contributed by atoms with Crippen LogP contribution in [0.15, 0.2) is 18.5 Å². The third-order valence-corrected chi connectivity index (χ3v) is 3.07. The van der Waals surface area contributed by atoms with Crippen LogP contribution >= 0.6 is 0 Å². The van der Waals surface area contributed by atoms with Crippen molar-refractivity contribution in [3.8, 4) is 0 Å². The molecule has 2 rings (SSSR count). The maximum Gasteiger partial charge on any atom is 0.0703 e. The topological polar surface area (TPSA) is 45.6 Å². The van der Waals surface area contributed by atoms with Gasteiger partial charge < -0.3 is 14.7 Å². The lowest BCUT2D eigenvalue weighted by atomic mass is 10.1. The zero-order valence-corrected chi connectivity index (χ0v) is 9.59. The molecule has 0 bridgehead atoms. The van der Waals surface area contributed by atoms with Crippen molar-refractivity contribution in [1.82, 2.24) is 4.98 Å². The van der Waals surface area contributed by atoms with E-state index in [2.05, 4.69) is 16.8 Å². The number of aliphatic hydroxyl groups excluding tert-OH is 1. The maximum atomic E-state index is 9.32. The van der Waals surface area contributed by atoms with Gasteiger partial charge in [0, 0.05) is 18.3 Å². The normalized spacial score (nSPS) is 21.1. The molecule has 0 aromatic carbocycles. The summed E-state index contributed by atoms with van der Waals surface area (Å²) in [5.41, 5.74) is 1.98. The first-order valence-electron chi connectivity index (χ1n) is 5.75. The second-order valence-corrected chi connectivity index (χ2v) is 3.99. The SMILES string of the molecule is CCC1COCCN1c1cnccc1CO. The first-order valence-corrected chi connectivity index (χ1v) is 5.75. The third kappa shape index (κ3) is 2.18. The number of morpholine rings is 1. The highest BCUT2D eigenvalue weighted by atomic mass is 16.5. The van der Waals surface area contributed by atoms with Gasteiger partial charge in [0.2, 0.25) is 0 Å². The molecule has 0 aliphatic carbocycles. The molecule has 4 nitrogen and oxygen atoms in total. The number of pyridine rings is 1. The van der Waals surface area contributed by atoms with E-state index in [1.807, 2.05) is 12.3 Å². The highest BCUT2D eigenvalue weighted by Gasteiger charge is 2.23. The van der Waals surface area contributed by atoms with Gasteiger partial charge in [0.1, 0.15) is 0 Å². The molecule has 1 aromatic heterocycles. The molecule has 2 heterocycles. The van der Waals surface area contributed by atoms with E-state index < -0.39 is 0 Å². The number of anilines is 1. The van der Waals surface area contributed by atoms with E-state index in [1.54, 1.807) is 6.20 Å². The largest absolute Gasteiger partial charge is 0.392 e. The van der Waals surface area contributed by atoms with Crippen LogP contribution < -0.4 is 4.90 Å². The minimum Gasteiger partial charge on any atom is -0.392 e. The highest BCUT2D eigenvalue weighted by molar-refractivity contribution is 5.52. The fourth-order valence-electron chi connectivity index (χ4n) is 2.12. The number of aliphatic hydroxyl groups is 1. The molecule has 4 heteroatoms. The van der Waals surface area contributed by atoms with E-state index in [9.17, 15) is 5.11 Å². The number of hydrogen-bond donors (Lipinski definition) is 1. The Balaban J connectivity index is 2.26. The van der Waals surface area contributed by atoms with Gasteiger partial charge in [-0.05, 0) is 12.5 Å². The molecule has 1 aromatic rings. The average Bonchev–Trinajstić information content (AvgIpc) is 2.38. The van der Waals surface area contributed by atoms with Crippen LogP contribution in [0, 0.1) is 0 Å². The summed E-state index contributed by atoms with van der Waals surface area (Å²) in [6.45, 7) is 4.59. The lowest BCUT2D eigenvalue weighted by Gasteiger charge is -2.37. The van der Waals surface area contributed by atoms with Gasteiger partial charge in [0.05, 0.1) is 37.7 Å². The van der Waals surface area contributed by atoms with Gasteiger partial charge in [0.15, 0.2) is 0 Å². The monoisotopic (exact) mass is 222 g/mol. The zero-order valence-electron chi connectivity index (χ0n) is 9.59. The highest BCUT2D eigenvalue weighted by Crippen LogP contribution is 2.24. The Labute approximate surface area is 95.9 Å². The second kappa shape index (κ2) is 5.27. The minimum atomic E-state index is 0.0612. The molecule has 0 saturated carbocycles. The summed E-state index contributed by atoms with van der Waals surface area (Å²) >= 11 is 0. The van der Waals surface area contributed by atoms with Crippen LogP contribution in [0.2, 0.25) is 0 Å². The predicted octanol–water partition coefficient (Wildman–Crippen LogP) is 1.19. The maximum absolute atomic E-state index is 9.32. The van der Waals surface area contributed by atoms with Crippen molar-refractivity contribution in [2.75, 3.05) is 24.7 Å². The predicted molar refractivity (Wildman–Crippen MR) is 62.4 cm³/mol. The van der Waals surface area contributed by atoms with Crippen molar-refractivity contribution in [3.05, 3.63) is 24.0 Å². The van der Waals surface area contributed by atoms with Crippen LogP contribution in [0.3, 0.4) is 0 Å². The van der Waals surface area contributed by atoms with Gasteiger partial charge in [0.25, 0.3) is 0 Å². The molecule has 1 N–H and O–H groups in total. The molecule has 0 amide bonds. The molecule has 1 fully saturated rings. The van der Waals surface area contributed by atoms with Crippen molar-refractivity contribution in [3.63, 3.8) is 0 Å². The summed E-state index contributed by atoms with van der Waals surface area (Å²) in [6, 6.07) is 2.26. The Morgan fingerprint density at radius 3 is 3.25 bits per heavy atom. The molecule has 0 spiro atoms. The smallest absolute Gasteiger partial charge is 0.0703 e. The fourth-order valence-corrected chi connectivity index (χ4v) is 2.12. The molecule has 0 radical (unpaired) electrons. The first-order chi connectivity index (χ1) is 7.86. The van der Waals surface area contributed by atoms with Gasteiger partial charge in [-0.2, -0.15) is 0 Å². The van der Waals surface area contributed by atoms with Crippen LogP contribution in [0.4, 0.5) is 5.69 Å². The Hall–Kier alpha value is -1.13. The first kappa shape index (κ1) is 11.4. The molecule has 1 saturated heterocycles.